The molecule has 0 spiro atoms. The van der Waals surface area contributed by atoms with Crippen LogP contribution in [0.3, 0.4) is 0 Å². The summed E-state index contributed by atoms with van der Waals surface area (Å²) in [7, 11) is 0. The molecule has 4 aliphatic carbocycles. The average Bonchev–Trinajstić information content (AvgIpc) is 2.84. The Kier molecular flexibility index (Phi) is 5.31. The Labute approximate surface area is 215 Å². The summed E-state index contributed by atoms with van der Waals surface area (Å²) in [5, 5.41) is 0. The SMILES string of the molecule is CC1=C(C)OC2CC3C(CC2O1)C1CC2OC(C)=C(C)OC2CC1C1CC2OC(C)=C(C)OC2CC31. The summed E-state index contributed by atoms with van der Waals surface area (Å²) in [5.74, 6) is 9.49. The molecular formula is C30H42O6. The molecule has 198 valence electrons. The first-order valence-corrected chi connectivity index (χ1v) is 14.3. The second-order valence-electron chi connectivity index (χ2n) is 12.7. The molecular weight excluding hydrogens is 456 g/mol. The number of hydrogen-bond acceptors (Lipinski definition) is 6. The Morgan fingerprint density at radius 3 is 0.583 bits per heavy atom. The molecule has 36 heavy (non-hydrogen) atoms. The molecule has 3 heterocycles. The zero-order valence-electron chi connectivity index (χ0n) is 22.6. The highest BCUT2D eigenvalue weighted by Gasteiger charge is 2.61. The normalized spacial score (nSPS) is 49.2. The number of fused-ring (bicyclic) bond motifs is 9. The van der Waals surface area contributed by atoms with Crippen LogP contribution in [0.15, 0.2) is 34.6 Å². The van der Waals surface area contributed by atoms with Crippen molar-refractivity contribution >= 4 is 0 Å². The number of rotatable bonds is 0. The molecule has 4 saturated carbocycles. The van der Waals surface area contributed by atoms with Crippen molar-refractivity contribution < 1.29 is 28.4 Å². The molecule has 7 rings (SSSR count). The molecule has 6 nitrogen and oxygen atoms in total. The lowest BCUT2D eigenvalue weighted by molar-refractivity contribution is -0.211. The fraction of sp³-hybridized carbons (Fsp3) is 0.800. The van der Waals surface area contributed by atoms with E-state index in [-0.39, 0.29) is 36.6 Å². The molecule has 0 aromatic rings. The summed E-state index contributed by atoms with van der Waals surface area (Å²) in [6.45, 7) is 12.3. The van der Waals surface area contributed by atoms with Crippen molar-refractivity contribution in [3.8, 4) is 0 Å². The second-order valence-corrected chi connectivity index (χ2v) is 12.7. The van der Waals surface area contributed by atoms with E-state index in [4.69, 9.17) is 28.4 Å². The van der Waals surface area contributed by atoms with Gasteiger partial charge in [0.1, 0.15) is 71.2 Å². The maximum Gasteiger partial charge on any atom is 0.135 e. The third kappa shape index (κ3) is 3.49. The third-order valence-electron chi connectivity index (χ3n) is 11.0. The Hall–Kier alpha value is -1.98. The standard InChI is InChI=1S/C30H42O6/c1-13-14(2)32-26-8-20-19(7-25(26)31-13)21-9-27-29(35-16(4)15(3)33-27)11-23(21)24-12-30-28(10-22(20)24)34-17(5)18(6)36-30/h19-30H,7-12H2,1-6H3. The molecule has 6 heteroatoms. The number of allylic oxidation sites excluding steroid dienone is 6. The lowest BCUT2D eigenvalue weighted by atomic mass is 9.46. The first-order valence-electron chi connectivity index (χ1n) is 14.3. The highest BCUT2D eigenvalue weighted by molar-refractivity contribution is 5.14. The summed E-state index contributed by atoms with van der Waals surface area (Å²) in [6, 6.07) is 0. The molecule has 0 bridgehead atoms. The summed E-state index contributed by atoms with van der Waals surface area (Å²) < 4.78 is 38.7. The van der Waals surface area contributed by atoms with Gasteiger partial charge in [-0.05, 0) is 116 Å². The fourth-order valence-electron chi connectivity index (χ4n) is 9.13. The maximum absolute atomic E-state index is 6.46. The predicted octanol–water partition coefficient (Wildman–Crippen LogP) is 6.18. The van der Waals surface area contributed by atoms with Gasteiger partial charge in [0.2, 0.25) is 0 Å². The quantitative estimate of drug-likeness (QED) is 0.397. The van der Waals surface area contributed by atoms with Crippen LogP contribution in [0.5, 0.6) is 0 Å². The van der Waals surface area contributed by atoms with E-state index in [1.807, 2.05) is 41.5 Å². The monoisotopic (exact) mass is 498 g/mol. The number of hydrogen-bond donors (Lipinski definition) is 0. The fourth-order valence-corrected chi connectivity index (χ4v) is 9.13. The summed E-state index contributed by atoms with van der Waals surface area (Å²) in [5.41, 5.74) is 0. The van der Waals surface area contributed by atoms with Gasteiger partial charge in [0, 0.05) is 0 Å². The largest absolute Gasteiger partial charge is 0.488 e. The van der Waals surface area contributed by atoms with Crippen LogP contribution in [0.2, 0.25) is 0 Å². The maximum atomic E-state index is 6.46. The van der Waals surface area contributed by atoms with E-state index in [0.717, 1.165) is 73.1 Å². The Bertz CT molecular complexity index is 808. The first kappa shape index (κ1) is 23.2. The Balaban J connectivity index is 1.23. The molecule has 6 unspecified atom stereocenters. The van der Waals surface area contributed by atoms with Gasteiger partial charge in [0.25, 0.3) is 0 Å². The highest BCUT2D eigenvalue weighted by Crippen LogP contribution is 2.62. The summed E-state index contributed by atoms with van der Waals surface area (Å²) in [4.78, 5) is 0. The van der Waals surface area contributed by atoms with Crippen molar-refractivity contribution in [3.05, 3.63) is 34.6 Å². The Morgan fingerprint density at radius 1 is 0.306 bits per heavy atom. The van der Waals surface area contributed by atoms with Gasteiger partial charge in [-0.3, -0.25) is 0 Å². The molecule has 0 saturated heterocycles. The van der Waals surface area contributed by atoms with Gasteiger partial charge in [0.15, 0.2) is 0 Å². The van der Waals surface area contributed by atoms with Crippen LogP contribution in [-0.2, 0) is 28.4 Å². The molecule has 6 atom stereocenters. The van der Waals surface area contributed by atoms with Gasteiger partial charge in [0.05, 0.1) is 0 Å². The van der Waals surface area contributed by atoms with Gasteiger partial charge in [-0.15, -0.1) is 0 Å². The zero-order valence-corrected chi connectivity index (χ0v) is 22.6. The van der Waals surface area contributed by atoms with E-state index < -0.39 is 0 Å². The third-order valence-corrected chi connectivity index (χ3v) is 11.0. The smallest absolute Gasteiger partial charge is 0.135 e. The average molecular weight is 499 g/mol. The molecule has 4 fully saturated rings. The van der Waals surface area contributed by atoms with E-state index in [1.54, 1.807) is 0 Å². The van der Waals surface area contributed by atoms with Crippen molar-refractivity contribution in [2.75, 3.05) is 0 Å². The molecule has 7 aliphatic rings. The van der Waals surface area contributed by atoms with E-state index in [1.165, 1.54) is 0 Å². The lowest BCUT2D eigenvalue weighted by Crippen LogP contribution is -2.61. The van der Waals surface area contributed by atoms with E-state index >= 15 is 0 Å². The van der Waals surface area contributed by atoms with E-state index in [9.17, 15) is 0 Å². The van der Waals surface area contributed by atoms with Gasteiger partial charge >= 0.3 is 0 Å². The van der Waals surface area contributed by atoms with Crippen LogP contribution in [-0.4, -0.2) is 36.6 Å². The van der Waals surface area contributed by atoms with Gasteiger partial charge < -0.3 is 28.4 Å². The van der Waals surface area contributed by atoms with E-state index in [2.05, 4.69) is 0 Å². The van der Waals surface area contributed by atoms with Crippen molar-refractivity contribution in [1.29, 1.82) is 0 Å². The second kappa shape index (κ2) is 8.26. The first-order chi connectivity index (χ1) is 17.3. The molecule has 3 aliphatic heterocycles. The van der Waals surface area contributed by atoms with Gasteiger partial charge in [-0.25, -0.2) is 0 Å². The van der Waals surface area contributed by atoms with Gasteiger partial charge in [-0.2, -0.15) is 0 Å². The van der Waals surface area contributed by atoms with Crippen molar-refractivity contribution in [1.82, 2.24) is 0 Å². The molecule has 0 amide bonds. The van der Waals surface area contributed by atoms with Crippen LogP contribution >= 0.6 is 0 Å². The number of ether oxygens (including phenoxy) is 6. The van der Waals surface area contributed by atoms with Crippen molar-refractivity contribution in [2.24, 2.45) is 35.5 Å². The van der Waals surface area contributed by atoms with Gasteiger partial charge in [-0.1, -0.05) is 0 Å². The lowest BCUT2D eigenvalue weighted by Gasteiger charge is -2.62. The molecule has 0 aromatic carbocycles. The minimum Gasteiger partial charge on any atom is -0.488 e. The topological polar surface area (TPSA) is 55.4 Å². The Morgan fingerprint density at radius 2 is 0.444 bits per heavy atom. The van der Waals surface area contributed by atoms with Crippen LogP contribution in [0.25, 0.3) is 0 Å². The highest BCUT2D eigenvalue weighted by atomic mass is 16.6. The predicted molar refractivity (Wildman–Crippen MR) is 133 cm³/mol. The molecule has 0 aromatic heterocycles. The van der Waals surface area contributed by atoms with Crippen LogP contribution in [0.4, 0.5) is 0 Å². The van der Waals surface area contributed by atoms with E-state index in [0.29, 0.717) is 35.5 Å². The summed E-state index contributed by atoms with van der Waals surface area (Å²) in [6.07, 6.45) is 7.48. The zero-order chi connectivity index (χ0) is 24.9. The molecule has 0 N–H and O–H groups in total. The van der Waals surface area contributed by atoms with Crippen molar-refractivity contribution in [2.45, 2.75) is 117 Å². The van der Waals surface area contributed by atoms with Crippen LogP contribution in [0, 0.1) is 35.5 Å². The van der Waals surface area contributed by atoms with Crippen LogP contribution in [0.1, 0.15) is 80.1 Å². The molecule has 0 radical (unpaired) electrons. The minimum atomic E-state index is 0.163. The van der Waals surface area contributed by atoms with Crippen molar-refractivity contribution in [3.63, 3.8) is 0 Å². The van der Waals surface area contributed by atoms with Crippen LogP contribution < -0.4 is 0 Å². The minimum absolute atomic E-state index is 0.163. The summed E-state index contributed by atoms with van der Waals surface area (Å²) >= 11 is 0.